The van der Waals surface area contributed by atoms with E-state index in [1.165, 1.54) is 5.56 Å². The summed E-state index contributed by atoms with van der Waals surface area (Å²) >= 11 is 0. The Bertz CT molecular complexity index is 369. The van der Waals surface area contributed by atoms with E-state index in [9.17, 15) is 4.79 Å². The molecule has 0 fully saturated rings. The summed E-state index contributed by atoms with van der Waals surface area (Å²) < 4.78 is 0. The minimum atomic E-state index is -0.0458. The molecule has 0 saturated carbocycles. The summed E-state index contributed by atoms with van der Waals surface area (Å²) in [6.07, 6.45) is 0.802. The van der Waals surface area contributed by atoms with Crippen LogP contribution < -0.4 is 5.73 Å². The van der Waals surface area contributed by atoms with Crippen LogP contribution in [0.5, 0.6) is 0 Å². The number of nitrogens with two attached hydrogens (primary N) is 1. The van der Waals surface area contributed by atoms with Crippen molar-refractivity contribution in [2.75, 3.05) is 6.54 Å². The van der Waals surface area contributed by atoms with Gasteiger partial charge >= 0.3 is 0 Å². The van der Waals surface area contributed by atoms with Crippen molar-refractivity contribution < 1.29 is 4.79 Å². The van der Waals surface area contributed by atoms with Gasteiger partial charge in [-0.3, -0.25) is 4.79 Å². The Labute approximate surface area is 104 Å². The Balaban J connectivity index is 2.91. The molecular formula is C15H23NO. The second-order valence-electron chi connectivity index (χ2n) is 5.53. The fourth-order valence-electron chi connectivity index (χ4n) is 1.83. The normalized spacial score (nSPS) is 13.5. The Hall–Kier alpha value is -1.15. The summed E-state index contributed by atoms with van der Waals surface area (Å²) in [6, 6.07) is 7.91. The van der Waals surface area contributed by atoms with Gasteiger partial charge in [0.15, 0.2) is 5.78 Å². The zero-order valence-electron chi connectivity index (χ0n) is 11.3. The van der Waals surface area contributed by atoms with Crippen molar-refractivity contribution in [1.29, 1.82) is 0 Å². The van der Waals surface area contributed by atoms with Crippen molar-refractivity contribution in [2.45, 2.75) is 39.5 Å². The second kappa shape index (κ2) is 5.46. The summed E-state index contributed by atoms with van der Waals surface area (Å²) in [7, 11) is 0. The average Bonchev–Trinajstić information content (AvgIpc) is 2.29. The lowest BCUT2D eigenvalue weighted by Gasteiger charge is -2.19. The largest absolute Gasteiger partial charge is 0.330 e. The van der Waals surface area contributed by atoms with Crippen molar-refractivity contribution >= 4 is 5.78 Å². The molecule has 0 aliphatic heterocycles. The number of hydrogen-bond acceptors (Lipinski definition) is 2. The van der Waals surface area contributed by atoms with Gasteiger partial charge in [-0.2, -0.15) is 0 Å². The maximum Gasteiger partial charge on any atom is 0.167 e. The highest BCUT2D eigenvalue weighted by atomic mass is 16.1. The van der Waals surface area contributed by atoms with Gasteiger partial charge in [0.25, 0.3) is 0 Å². The van der Waals surface area contributed by atoms with Crippen LogP contribution in [0.4, 0.5) is 0 Å². The zero-order chi connectivity index (χ0) is 13.1. The summed E-state index contributed by atoms with van der Waals surface area (Å²) in [6.45, 7) is 8.92. The Morgan fingerprint density at radius 2 is 1.76 bits per heavy atom. The average molecular weight is 233 g/mol. The van der Waals surface area contributed by atoms with E-state index < -0.39 is 0 Å². The molecule has 1 aromatic carbocycles. The van der Waals surface area contributed by atoms with E-state index in [1.807, 2.05) is 31.2 Å². The quantitative estimate of drug-likeness (QED) is 0.812. The molecule has 2 nitrogen and oxygen atoms in total. The van der Waals surface area contributed by atoms with Crippen molar-refractivity contribution in [3.05, 3.63) is 35.4 Å². The molecule has 94 valence electrons. The molecule has 0 amide bonds. The van der Waals surface area contributed by atoms with Crippen molar-refractivity contribution in [3.63, 3.8) is 0 Å². The van der Waals surface area contributed by atoms with Gasteiger partial charge in [-0.15, -0.1) is 0 Å². The van der Waals surface area contributed by atoms with Crippen LogP contribution in [0.2, 0.25) is 0 Å². The molecular weight excluding hydrogens is 210 g/mol. The first-order chi connectivity index (χ1) is 7.90. The molecule has 1 unspecified atom stereocenters. The second-order valence-corrected chi connectivity index (χ2v) is 5.53. The van der Waals surface area contributed by atoms with Crippen LogP contribution in [-0.4, -0.2) is 12.3 Å². The predicted octanol–water partition coefficient (Wildman–Crippen LogP) is 3.15. The van der Waals surface area contributed by atoms with Gasteiger partial charge in [-0.1, -0.05) is 52.0 Å². The molecule has 0 aromatic heterocycles. The Morgan fingerprint density at radius 3 is 2.12 bits per heavy atom. The van der Waals surface area contributed by atoms with Crippen LogP contribution >= 0.6 is 0 Å². The number of carbonyl (C=O) groups is 1. The number of Topliss-reactive ketones (excluding diaryl/α,β-unsaturated/α-hetero) is 1. The van der Waals surface area contributed by atoms with E-state index in [4.69, 9.17) is 5.73 Å². The van der Waals surface area contributed by atoms with Gasteiger partial charge < -0.3 is 5.73 Å². The van der Waals surface area contributed by atoms with Gasteiger partial charge in [0.2, 0.25) is 0 Å². The van der Waals surface area contributed by atoms with Gasteiger partial charge in [-0.05, 0) is 17.4 Å². The zero-order valence-corrected chi connectivity index (χ0v) is 11.3. The maximum atomic E-state index is 12.1. The molecule has 1 atom stereocenters. The minimum absolute atomic E-state index is 0.0458. The van der Waals surface area contributed by atoms with E-state index in [0.717, 1.165) is 12.0 Å². The highest BCUT2D eigenvalue weighted by Gasteiger charge is 2.18. The lowest BCUT2D eigenvalue weighted by atomic mass is 9.85. The van der Waals surface area contributed by atoms with Crippen molar-refractivity contribution in [3.8, 4) is 0 Å². The van der Waals surface area contributed by atoms with Gasteiger partial charge in [-0.25, -0.2) is 0 Å². The predicted molar refractivity (Wildman–Crippen MR) is 72.3 cm³/mol. The van der Waals surface area contributed by atoms with Crippen LogP contribution in [-0.2, 0) is 5.41 Å². The standard InChI is InChI=1S/C15H23NO/c1-5-11(10-16)14(17)12-6-8-13(9-7-12)15(2,3)4/h6-9,11H,5,10,16H2,1-4H3. The lowest BCUT2D eigenvalue weighted by molar-refractivity contribution is 0.0921. The molecule has 0 bridgehead atoms. The van der Waals surface area contributed by atoms with E-state index in [0.29, 0.717) is 6.54 Å². The first kappa shape index (κ1) is 13.9. The third kappa shape index (κ3) is 3.40. The topological polar surface area (TPSA) is 43.1 Å². The molecule has 1 rings (SSSR count). The molecule has 0 aliphatic carbocycles. The number of hydrogen-bond donors (Lipinski definition) is 1. The van der Waals surface area contributed by atoms with Gasteiger partial charge in [0, 0.05) is 18.0 Å². The smallest absolute Gasteiger partial charge is 0.167 e. The monoisotopic (exact) mass is 233 g/mol. The van der Waals surface area contributed by atoms with Gasteiger partial charge in [0.05, 0.1) is 0 Å². The van der Waals surface area contributed by atoms with Crippen LogP contribution in [0.3, 0.4) is 0 Å². The van der Waals surface area contributed by atoms with Gasteiger partial charge in [0.1, 0.15) is 0 Å². The number of carbonyl (C=O) groups excluding carboxylic acids is 1. The minimum Gasteiger partial charge on any atom is -0.330 e. The van der Waals surface area contributed by atoms with Crippen LogP contribution in [0.15, 0.2) is 24.3 Å². The fraction of sp³-hybridized carbons (Fsp3) is 0.533. The molecule has 2 heteroatoms. The number of rotatable bonds is 4. The molecule has 0 spiro atoms. The van der Waals surface area contributed by atoms with Crippen LogP contribution in [0, 0.1) is 5.92 Å². The third-order valence-electron chi connectivity index (χ3n) is 3.18. The lowest BCUT2D eigenvalue weighted by Crippen LogP contribution is -2.23. The molecule has 0 heterocycles. The van der Waals surface area contributed by atoms with Crippen molar-refractivity contribution in [2.24, 2.45) is 11.7 Å². The van der Waals surface area contributed by atoms with E-state index in [-0.39, 0.29) is 17.1 Å². The molecule has 0 saturated heterocycles. The molecule has 1 aromatic rings. The fourth-order valence-corrected chi connectivity index (χ4v) is 1.83. The highest BCUT2D eigenvalue weighted by molar-refractivity contribution is 5.98. The SMILES string of the molecule is CCC(CN)C(=O)c1ccc(C(C)(C)C)cc1. The summed E-state index contributed by atoms with van der Waals surface area (Å²) in [5.41, 5.74) is 7.74. The van der Waals surface area contributed by atoms with Crippen LogP contribution in [0.1, 0.15) is 50.0 Å². The van der Waals surface area contributed by atoms with Crippen LogP contribution in [0.25, 0.3) is 0 Å². The highest BCUT2D eigenvalue weighted by Crippen LogP contribution is 2.23. The van der Waals surface area contributed by atoms with E-state index >= 15 is 0 Å². The first-order valence-electron chi connectivity index (χ1n) is 6.25. The molecule has 0 radical (unpaired) electrons. The number of benzene rings is 1. The Kier molecular flexibility index (Phi) is 4.47. The Morgan fingerprint density at radius 1 is 1.24 bits per heavy atom. The summed E-state index contributed by atoms with van der Waals surface area (Å²) in [4.78, 5) is 12.1. The number of ketones is 1. The third-order valence-corrected chi connectivity index (χ3v) is 3.18. The molecule has 17 heavy (non-hydrogen) atoms. The maximum absolute atomic E-state index is 12.1. The summed E-state index contributed by atoms with van der Waals surface area (Å²) in [5, 5.41) is 0. The van der Waals surface area contributed by atoms with E-state index in [2.05, 4.69) is 20.8 Å². The summed E-state index contributed by atoms with van der Waals surface area (Å²) in [5.74, 6) is 0.117. The van der Waals surface area contributed by atoms with E-state index in [1.54, 1.807) is 0 Å². The molecule has 0 aliphatic rings. The van der Waals surface area contributed by atoms with Crippen molar-refractivity contribution in [1.82, 2.24) is 0 Å². The molecule has 2 N–H and O–H groups in total. The first-order valence-corrected chi connectivity index (χ1v) is 6.25.